The van der Waals surface area contributed by atoms with E-state index in [2.05, 4.69) is 23.9 Å². The maximum Gasteiger partial charge on any atom is 0.272 e. The molecule has 0 aliphatic carbocycles. The van der Waals surface area contributed by atoms with Gasteiger partial charge in [0.1, 0.15) is 23.3 Å². The molecule has 1 fully saturated rings. The van der Waals surface area contributed by atoms with Crippen molar-refractivity contribution in [3.8, 4) is 0 Å². The molecular formula is C22H25FN4O2. The number of likely N-dealkylation sites (tertiary alicyclic amines) is 1. The highest BCUT2D eigenvalue weighted by Crippen LogP contribution is 2.33. The lowest BCUT2D eigenvalue weighted by Gasteiger charge is -2.22. The number of halogens is 1. The smallest absolute Gasteiger partial charge is 0.272 e. The van der Waals surface area contributed by atoms with Gasteiger partial charge in [0.15, 0.2) is 0 Å². The molecule has 3 heterocycles. The highest BCUT2D eigenvalue weighted by atomic mass is 19.1. The first-order chi connectivity index (χ1) is 13.9. The second-order valence-electron chi connectivity index (χ2n) is 7.86. The Bertz CT molecular complexity index is 1010. The molecule has 0 unspecified atom stereocenters. The molecule has 0 N–H and O–H groups in total. The molecule has 3 aromatic rings. The van der Waals surface area contributed by atoms with Crippen molar-refractivity contribution in [2.24, 2.45) is 7.05 Å². The van der Waals surface area contributed by atoms with Crippen molar-refractivity contribution in [3.05, 3.63) is 70.9 Å². The molecule has 6 nitrogen and oxygen atoms in total. The summed E-state index contributed by atoms with van der Waals surface area (Å²) in [4.78, 5) is 19.4. The topological polar surface area (TPSA) is 64.2 Å². The molecule has 29 heavy (non-hydrogen) atoms. The van der Waals surface area contributed by atoms with E-state index < -0.39 is 0 Å². The van der Waals surface area contributed by atoms with Crippen molar-refractivity contribution in [2.45, 2.75) is 45.1 Å². The fourth-order valence-corrected chi connectivity index (χ4v) is 3.75. The summed E-state index contributed by atoms with van der Waals surface area (Å²) < 4.78 is 20.7. The molecule has 1 saturated heterocycles. The SMILES string of the molecule is CC(C)c1cc(C(=O)N2CCC[C@@H]2c2ncc(Cc3ccc(F)cc3)o2)n(C)n1. The number of aromatic nitrogens is 3. The second kappa shape index (κ2) is 7.81. The summed E-state index contributed by atoms with van der Waals surface area (Å²) in [6.07, 6.45) is 3.95. The van der Waals surface area contributed by atoms with E-state index in [0.717, 1.165) is 24.1 Å². The van der Waals surface area contributed by atoms with Crippen LogP contribution < -0.4 is 0 Å². The lowest BCUT2D eigenvalue weighted by atomic mass is 10.1. The first kappa shape index (κ1) is 19.4. The third-order valence-corrected chi connectivity index (χ3v) is 5.37. The van der Waals surface area contributed by atoms with Crippen molar-refractivity contribution >= 4 is 5.91 Å². The van der Waals surface area contributed by atoms with E-state index in [1.807, 2.05) is 11.0 Å². The summed E-state index contributed by atoms with van der Waals surface area (Å²) in [6, 6.07) is 8.03. The van der Waals surface area contributed by atoms with Gasteiger partial charge >= 0.3 is 0 Å². The van der Waals surface area contributed by atoms with Gasteiger partial charge in [-0.3, -0.25) is 9.48 Å². The summed E-state index contributed by atoms with van der Waals surface area (Å²) in [5.41, 5.74) is 2.44. The number of carbonyl (C=O) groups excluding carboxylic acids is 1. The zero-order valence-corrected chi connectivity index (χ0v) is 16.9. The fraction of sp³-hybridized carbons (Fsp3) is 0.409. The maximum absolute atomic E-state index is 13.2. The van der Waals surface area contributed by atoms with Gasteiger partial charge in [0.05, 0.1) is 11.9 Å². The summed E-state index contributed by atoms with van der Waals surface area (Å²) in [5.74, 6) is 1.21. The predicted molar refractivity (Wildman–Crippen MR) is 106 cm³/mol. The van der Waals surface area contributed by atoms with Crippen LogP contribution in [0.15, 0.2) is 40.9 Å². The van der Waals surface area contributed by atoms with Crippen molar-refractivity contribution in [1.29, 1.82) is 0 Å². The molecule has 0 spiro atoms. The molecule has 1 amide bonds. The van der Waals surface area contributed by atoms with Crippen LogP contribution in [0.1, 0.15) is 72.0 Å². The van der Waals surface area contributed by atoms with Crippen LogP contribution in [0, 0.1) is 5.82 Å². The number of nitrogens with zero attached hydrogens (tertiary/aromatic N) is 4. The van der Waals surface area contributed by atoms with Crippen LogP contribution in [0.2, 0.25) is 0 Å². The first-order valence-corrected chi connectivity index (χ1v) is 9.96. The minimum absolute atomic E-state index is 0.0484. The molecule has 4 rings (SSSR count). The van der Waals surface area contributed by atoms with E-state index in [0.29, 0.717) is 30.3 Å². The standard InChI is InChI=1S/C22H25FN4O2/c1-14(2)18-12-20(26(3)25-18)22(28)27-10-4-5-19(27)21-24-13-17(29-21)11-15-6-8-16(23)9-7-15/h6-9,12-14,19H,4-5,10-11H2,1-3H3/t19-/m1/s1. The van der Waals surface area contributed by atoms with Crippen LogP contribution in [0.25, 0.3) is 0 Å². The Hall–Kier alpha value is -2.96. The Morgan fingerprint density at radius 1 is 1.31 bits per heavy atom. The maximum atomic E-state index is 13.2. The average Bonchev–Trinajstić information content (AvgIpc) is 3.42. The molecular weight excluding hydrogens is 371 g/mol. The Morgan fingerprint density at radius 2 is 2.07 bits per heavy atom. The highest BCUT2D eigenvalue weighted by molar-refractivity contribution is 5.93. The van der Waals surface area contributed by atoms with E-state index in [4.69, 9.17) is 4.42 Å². The van der Waals surface area contributed by atoms with Gasteiger partial charge in [-0.15, -0.1) is 0 Å². The van der Waals surface area contributed by atoms with Crippen molar-refractivity contribution in [1.82, 2.24) is 19.7 Å². The molecule has 7 heteroatoms. The second-order valence-corrected chi connectivity index (χ2v) is 7.86. The Kier molecular flexibility index (Phi) is 5.22. The number of hydrogen-bond donors (Lipinski definition) is 0. The quantitative estimate of drug-likeness (QED) is 0.647. The highest BCUT2D eigenvalue weighted by Gasteiger charge is 2.35. The summed E-state index contributed by atoms with van der Waals surface area (Å²) in [5, 5.41) is 4.46. The van der Waals surface area contributed by atoms with Gasteiger partial charge in [0.2, 0.25) is 5.89 Å². The van der Waals surface area contributed by atoms with Crippen molar-refractivity contribution in [3.63, 3.8) is 0 Å². The summed E-state index contributed by atoms with van der Waals surface area (Å²) >= 11 is 0. The number of benzene rings is 1. The summed E-state index contributed by atoms with van der Waals surface area (Å²) in [6.45, 7) is 4.79. The first-order valence-electron chi connectivity index (χ1n) is 9.96. The van der Waals surface area contributed by atoms with Crippen LogP contribution in [-0.4, -0.2) is 32.1 Å². The third kappa shape index (κ3) is 3.95. The van der Waals surface area contributed by atoms with E-state index in [9.17, 15) is 9.18 Å². The number of hydrogen-bond acceptors (Lipinski definition) is 4. The molecule has 0 radical (unpaired) electrons. The predicted octanol–water partition coefficient (Wildman–Crippen LogP) is 4.24. The number of aryl methyl sites for hydroxylation is 1. The third-order valence-electron chi connectivity index (χ3n) is 5.37. The minimum atomic E-state index is -0.261. The largest absolute Gasteiger partial charge is 0.443 e. The monoisotopic (exact) mass is 396 g/mol. The van der Waals surface area contributed by atoms with E-state index >= 15 is 0 Å². The van der Waals surface area contributed by atoms with Gasteiger partial charge in [-0.1, -0.05) is 26.0 Å². The van der Waals surface area contributed by atoms with E-state index in [-0.39, 0.29) is 23.7 Å². The van der Waals surface area contributed by atoms with Gasteiger partial charge in [-0.25, -0.2) is 9.37 Å². The molecule has 152 valence electrons. The minimum Gasteiger partial charge on any atom is -0.443 e. The van der Waals surface area contributed by atoms with Crippen molar-refractivity contribution < 1.29 is 13.6 Å². The molecule has 1 atom stereocenters. The normalized spacial score (nSPS) is 16.7. The molecule has 1 aliphatic heterocycles. The lowest BCUT2D eigenvalue weighted by molar-refractivity contribution is 0.0703. The van der Waals surface area contributed by atoms with Crippen molar-refractivity contribution in [2.75, 3.05) is 6.54 Å². The van der Waals surface area contributed by atoms with Crippen LogP contribution in [0.3, 0.4) is 0 Å². The van der Waals surface area contributed by atoms with Crippen LogP contribution in [0.4, 0.5) is 4.39 Å². The fourth-order valence-electron chi connectivity index (χ4n) is 3.75. The number of amides is 1. The number of rotatable bonds is 5. The molecule has 2 aromatic heterocycles. The molecule has 1 aromatic carbocycles. The number of carbonyl (C=O) groups is 1. The zero-order valence-electron chi connectivity index (χ0n) is 16.9. The molecule has 0 saturated carbocycles. The van der Waals surface area contributed by atoms with Gasteiger partial charge in [-0.2, -0.15) is 5.10 Å². The van der Waals surface area contributed by atoms with Crippen LogP contribution in [0.5, 0.6) is 0 Å². The van der Waals surface area contributed by atoms with Gasteiger partial charge in [0, 0.05) is 20.0 Å². The van der Waals surface area contributed by atoms with E-state index in [1.165, 1.54) is 12.1 Å². The van der Waals surface area contributed by atoms with Crippen LogP contribution in [-0.2, 0) is 13.5 Å². The summed E-state index contributed by atoms with van der Waals surface area (Å²) in [7, 11) is 1.80. The van der Waals surface area contributed by atoms with Gasteiger partial charge in [-0.05, 0) is 42.5 Å². The molecule has 0 bridgehead atoms. The van der Waals surface area contributed by atoms with Gasteiger partial charge < -0.3 is 9.32 Å². The van der Waals surface area contributed by atoms with Gasteiger partial charge in [0.25, 0.3) is 5.91 Å². The lowest BCUT2D eigenvalue weighted by Crippen LogP contribution is -2.32. The zero-order chi connectivity index (χ0) is 20.5. The average molecular weight is 396 g/mol. The number of oxazole rings is 1. The Balaban J connectivity index is 1.52. The Labute approximate surface area is 169 Å². The van der Waals surface area contributed by atoms with Crippen LogP contribution >= 0.6 is 0 Å². The molecule has 1 aliphatic rings. The Morgan fingerprint density at radius 3 is 2.76 bits per heavy atom. The van der Waals surface area contributed by atoms with E-state index in [1.54, 1.807) is 30.1 Å².